The van der Waals surface area contributed by atoms with E-state index in [0.29, 0.717) is 6.42 Å². The third-order valence-electron chi connectivity index (χ3n) is 2.09. The van der Waals surface area contributed by atoms with Crippen molar-refractivity contribution >= 4 is 17.9 Å². The molecule has 0 unspecified atom stereocenters. The number of ketones is 1. The Labute approximate surface area is 84.8 Å². The third kappa shape index (κ3) is 2.19. The molecule has 0 atom stereocenters. The second kappa shape index (κ2) is 4.56. The van der Waals surface area contributed by atoms with Crippen molar-refractivity contribution in [3.63, 3.8) is 0 Å². The van der Waals surface area contributed by atoms with Crippen LogP contribution < -0.4 is 0 Å². The van der Waals surface area contributed by atoms with Crippen LogP contribution in [-0.2, 0) is 11.2 Å². The SMILES string of the molecule is C=Cc1cccc(CC(C)=O)c1C=C. The molecule has 1 aromatic carbocycles. The maximum atomic E-state index is 11.0. The van der Waals surface area contributed by atoms with Gasteiger partial charge in [-0.15, -0.1) is 0 Å². The van der Waals surface area contributed by atoms with Gasteiger partial charge >= 0.3 is 0 Å². The molecular weight excluding hydrogens is 172 g/mol. The van der Waals surface area contributed by atoms with Crippen LogP contribution in [0.3, 0.4) is 0 Å². The van der Waals surface area contributed by atoms with Gasteiger partial charge in [0.1, 0.15) is 5.78 Å². The number of rotatable bonds is 4. The lowest BCUT2D eigenvalue weighted by molar-refractivity contribution is -0.116. The van der Waals surface area contributed by atoms with Gasteiger partial charge in [-0.25, -0.2) is 0 Å². The lowest BCUT2D eigenvalue weighted by Gasteiger charge is -2.07. The van der Waals surface area contributed by atoms with E-state index >= 15 is 0 Å². The summed E-state index contributed by atoms with van der Waals surface area (Å²) in [6, 6.07) is 5.85. The Morgan fingerprint density at radius 2 is 2.07 bits per heavy atom. The third-order valence-corrected chi connectivity index (χ3v) is 2.09. The lowest BCUT2D eigenvalue weighted by Crippen LogP contribution is -1.99. The number of Topliss-reactive ketones (excluding diaryl/α,β-unsaturated/α-hetero) is 1. The van der Waals surface area contributed by atoms with E-state index in [1.165, 1.54) is 0 Å². The summed E-state index contributed by atoms with van der Waals surface area (Å²) < 4.78 is 0. The van der Waals surface area contributed by atoms with E-state index in [1.807, 2.05) is 18.2 Å². The fourth-order valence-corrected chi connectivity index (χ4v) is 1.48. The van der Waals surface area contributed by atoms with E-state index in [-0.39, 0.29) is 5.78 Å². The lowest BCUT2D eigenvalue weighted by atomic mass is 9.97. The van der Waals surface area contributed by atoms with Crippen molar-refractivity contribution in [3.05, 3.63) is 48.0 Å². The Morgan fingerprint density at radius 3 is 2.57 bits per heavy atom. The van der Waals surface area contributed by atoms with Crippen molar-refractivity contribution < 1.29 is 4.79 Å². The van der Waals surface area contributed by atoms with Crippen LogP contribution in [0.1, 0.15) is 23.6 Å². The van der Waals surface area contributed by atoms with Crippen molar-refractivity contribution in [1.82, 2.24) is 0 Å². The molecule has 0 bridgehead atoms. The predicted octanol–water partition coefficient (Wildman–Crippen LogP) is 3.10. The molecule has 0 spiro atoms. The molecule has 14 heavy (non-hydrogen) atoms. The first kappa shape index (κ1) is 10.5. The molecule has 0 radical (unpaired) electrons. The first-order valence-electron chi connectivity index (χ1n) is 4.55. The van der Waals surface area contributed by atoms with E-state index in [2.05, 4.69) is 13.2 Å². The van der Waals surface area contributed by atoms with E-state index in [4.69, 9.17) is 0 Å². The van der Waals surface area contributed by atoms with Gasteiger partial charge in [-0.1, -0.05) is 43.5 Å². The molecule has 0 aliphatic heterocycles. The minimum atomic E-state index is 0.161. The standard InChI is InChI=1S/C13H14O/c1-4-11-7-6-8-12(9-10(3)14)13(11)5-2/h4-8H,1-2,9H2,3H3. The molecule has 1 rings (SSSR count). The van der Waals surface area contributed by atoms with Crippen molar-refractivity contribution in [3.8, 4) is 0 Å². The molecule has 0 amide bonds. The van der Waals surface area contributed by atoms with Crippen molar-refractivity contribution in [2.75, 3.05) is 0 Å². The summed E-state index contributed by atoms with van der Waals surface area (Å²) in [7, 11) is 0. The van der Waals surface area contributed by atoms with Gasteiger partial charge in [0.15, 0.2) is 0 Å². The molecule has 0 saturated carbocycles. The average Bonchev–Trinajstić information content (AvgIpc) is 2.16. The highest BCUT2D eigenvalue weighted by atomic mass is 16.1. The quantitative estimate of drug-likeness (QED) is 0.706. The molecule has 0 heterocycles. The Balaban J connectivity index is 3.21. The van der Waals surface area contributed by atoms with Crippen LogP contribution in [0.25, 0.3) is 12.2 Å². The molecule has 0 aliphatic carbocycles. The van der Waals surface area contributed by atoms with E-state index in [0.717, 1.165) is 16.7 Å². The van der Waals surface area contributed by atoms with Gasteiger partial charge in [0.05, 0.1) is 0 Å². The Hall–Kier alpha value is -1.63. The van der Waals surface area contributed by atoms with Crippen LogP contribution in [0, 0.1) is 0 Å². The summed E-state index contributed by atoms with van der Waals surface area (Å²) in [5.41, 5.74) is 3.06. The van der Waals surface area contributed by atoms with Crippen molar-refractivity contribution in [2.45, 2.75) is 13.3 Å². The Kier molecular flexibility index (Phi) is 3.41. The van der Waals surface area contributed by atoms with Gasteiger partial charge in [-0.05, 0) is 23.6 Å². The van der Waals surface area contributed by atoms with Gasteiger partial charge in [0, 0.05) is 6.42 Å². The van der Waals surface area contributed by atoms with Gasteiger partial charge in [-0.3, -0.25) is 4.79 Å². The summed E-state index contributed by atoms with van der Waals surface area (Å²) in [5.74, 6) is 0.161. The second-order valence-electron chi connectivity index (χ2n) is 3.21. The average molecular weight is 186 g/mol. The number of carbonyl (C=O) groups is 1. The smallest absolute Gasteiger partial charge is 0.134 e. The fourth-order valence-electron chi connectivity index (χ4n) is 1.48. The minimum Gasteiger partial charge on any atom is -0.300 e. The largest absolute Gasteiger partial charge is 0.300 e. The van der Waals surface area contributed by atoms with Crippen LogP contribution >= 0.6 is 0 Å². The van der Waals surface area contributed by atoms with Crippen LogP contribution in [-0.4, -0.2) is 5.78 Å². The molecule has 0 aromatic heterocycles. The van der Waals surface area contributed by atoms with Crippen LogP contribution in [0.15, 0.2) is 31.4 Å². The molecule has 0 fully saturated rings. The highest BCUT2D eigenvalue weighted by Crippen LogP contribution is 2.18. The molecule has 1 nitrogen and oxygen atoms in total. The molecule has 0 saturated heterocycles. The molecule has 1 heteroatoms. The normalized spacial score (nSPS) is 9.50. The zero-order valence-electron chi connectivity index (χ0n) is 8.42. The van der Waals surface area contributed by atoms with Crippen LogP contribution in [0.2, 0.25) is 0 Å². The highest BCUT2D eigenvalue weighted by molar-refractivity contribution is 5.80. The summed E-state index contributed by atoms with van der Waals surface area (Å²) in [5, 5.41) is 0. The fraction of sp³-hybridized carbons (Fsp3) is 0.154. The van der Waals surface area contributed by atoms with E-state index in [9.17, 15) is 4.79 Å². The van der Waals surface area contributed by atoms with Crippen molar-refractivity contribution in [2.24, 2.45) is 0 Å². The first-order chi connectivity index (χ1) is 6.69. The van der Waals surface area contributed by atoms with Gasteiger partial charge in [0.2, 0.25) is 0 Å². The second-order valence-corrected chi connectivity index (χ2v) is 3.21. The van der Waals surface area contributed by atoms with Gasteiger partial charge in [-0.2, -0.15) is 0 Å². The first-order valence-corrected chi connectivity index (χ1v) is 4.55. The zero-order valence-corrected chi connectivity index (χ0v) is 8.42. The number of hydrogen-bond acceptors (Lipinski definition) is 1. The molecule has 0 N–H and O–H groups in total. The predicted molar refractivity (Wildman–Crippen MR) is 61.0 cm³/mol. The molecule has 0 aliphatic rings. The molecule has 1 aromatic rings. The van der Waals surface area contributed by atoms with Crippen LogP contribution in [0.5, 0.6) is 0 Å². The highest BCUT2D eigenvalue weighted by Gasteiger charge is 2.04. The number of benzene rings is 1. The monoisotopic (exact) mass is 186 g/mol. The van der Waals surface area contributed by atoms with E-state index in [1.54, 1.807) is 19.1 Å². The zero-order chi connectivity index (χ0) is 10.6. The number of carbonyl (C=O) groups excluding carboxylic acids is 1. The summed E-state index contributed by atoms with van der Waals surface area (Å²) in [6.07, 6.45) is 4.01. The van der Waals surface area contributed by atoms with Gasteiger partial charge < -0.3 is 0 Å². The minimum absolute atomic E-state index is 0.161. The maximum absolute atomic E-state index is 11.0. The van der Waals surface area contributed by atoms with Crippen LogP contribution in [0.4, 0.5) is 0 Å². The molecular formula is C13H14O. The van der Waals surface area contributed by atoms with E-state index < -0.39 is 0 Å². The number of hydrogen-bond donors (Lipinski definition) is 0. The van der Waals surface area contributed by atoms with Gasteiger partial charge in [0.25, 0.3) is 0 Å². The summed E-state index contributed by atoms with van der Waals surface area (Å²) >= 11 is 0. The molecule has 72 valence electrons. The topological polar surface area (TPSA) is 17.1 Å². The Morgan fingerprint density at radius 1 is 1.36 bits per heavy atom. The Bertz CT molecular complexity index is 375. The summed E-state index contributed by atoms with van der Waals surface area (Å²) in [4.78, 5) is 11.0. The van der Waals surface area contributed by atoms with Crippen molar-refractivity contribution in [1.29, 1.82) is 0 Å². The maximum Gasteiger partial charge on any atom is 0.134 e. The summed E-state index contributed by atoms with van der Waals surface area (Å²) in [6.45, 7) is 9.07.